The topological polar surface area (TPSA) is 58.2 Å². The zero-order valence-electron chi connectivity index (χ0n) is 13.3. The van der Waals surface area contributed by atoms with Gasteiger partial charge in [0, 0.05) is 12.6 Å². The van der Waals surface area contributed by atoms with E-state index in [1.807, 2.05) is 12.1 Å². The molecule has 1 fully saturated rings. The van der Waals surface area contributed by atoms with Gasteiger partial charge < -0.3 is 5.32 Å². The molecule has 118 valence electrons. The second-order valence-corrected chi connectivity index (χ2v) is 8.57. The van der Waals surface area contributed by atoms with E-state index < -0.39 is 10.0 Å². The fourth-order valence-electron chi connectivity index (χ4n) is 1.86. The second-order valence-electron chi connectivity index (χ2n) is 6.89. The first-order valence-corrected chi connectivity index (χ1v) is 9.06. The lowest BCUT2D eigenvalue weighted by Crippen LogP contribution is -2.30. The van der Waals surface area contributed by atoms with Crippen LogP contribution in [0.3, 0.4) is 0 Å². The van der Waals surface area contributed by atoms with Crippen LogP contribution in [0.4, 0.5) is 5.69 Å². The zero-order chi connectivity index (χ0) is 15.7. The largest absolute Gasteiger partial charge is 0.383 e. The van der Waals surface area contributed by atoms with Crippen molar-refractivity contribution in [3.8, 4) is 0 Å². The Bertz CT molecular complexity index is 590. The fraction of sp³-hybridized carbons (Fsp3) is 0.625. The van der Waals surface area contributed by atoms with Gasteiger partial charge >= 0.3 is 0 Å². The molecule has 0 spiro atoms. The standard InChI is InChI=1S/C16H26N2O2S/c1-12(2)16(3,4)11-17-14-7-5-6-8-15(14)21(19,20)18-13-9-10-13/h5-8,12-13,17-18H,9-11H2,1-4H3. The van der Waals surface area contributed by atoms with Crippen LogP contribution < -0.4 is 10.0 Å². The highest BCUT2D eigenvalue weighted by atomic mass is 32.2. The summed E-state index contributed by atoms with van der Waals surface area (Å²) >= 11 is 0. The van der Waals surface area contributed by atoms with Gasteiger partial charge in [0.25, 0.3) is 0 Å². The summed E-state index contributed by atoms with van der Waals surface area (Å²) in [6.45, 7) is 9.47. The van der Waals surface area contributed by atoms with E-state index in [-0.39, 0.29) is 11.5 Å². The van der Waals surface area contributed by atoms with Gasteiger partial charge in [0.15, 0.2) is 0 Å². The van der Waals surface area contributed by atoms with Gasteiger partial charge in [0.2, 0.25) is 10.0 Å². The van der Waals surface area contributed by atoms with Gasteiger partial charge in [-0.1, -0.05) is 39.8 Å². The normalized spacial score (nSPS) is 16.2. The molecule has 1 aromatic rings. The highest BCUT2D eigenvalue weighted by Crippen LogP contribution is 2.29. The first-order valence-electron chi connectivity index (χ1n) is 7.57. The van der Waals surface area contributed by atoms with Crippen LogP contribution in [-0.2, 0) is 10.0 Å². The molecule has 0 bridgehead atoms. The predicted molar refractivity (Wildman–Crippen MR) is 86.9 cm³/mol. The van der Waals surface area contributed by atoms with Gasteiger partial charge in [-0.25, -0.2) is 13.1 Å². The third-order valence-electron chi connectivity index (χ3n) is 4.37. The van der Waals surface area contributed by atoms with Crippen molar-refractivity contribution in [3.05, 3.63) is 24.3 Å². The monoisotopic (exact) mass is 310 g/mol. The number of sulfonamides is 1. The average Bonchev–Trinajstić information content (AvgIpc) is 3.20. The van der Waals surface area contributed by atoms with Gasteiger partial charge in [0.05, 0.1) is 5.69 Å². The Balaban J connectivity index is 2.17. The van der Waals surface area contributed by atoms with Crippen molar-refractivity contribution >= 4 is 15.7 Å². The van der Waals surface area contributed by atoms with Crippen molar-refractivity contribution in [2.45, 2.75) is 51.5 Å². The maximum Gasteiger partial charge on any atom is 0.242 e. The number of hydrogen-bond donors (Lipinski definition) is 2. The molecule has 1 aliphatic rings. The van der Waals surface area contributed by atoms with Crippen LogP contribution in [0.2, 0.25) is 0 Å². The third-order valence-corrected chi connectivity index (χ3v) is 5.95. The Morgan fingerprint density at radius 1 is 1.24 bits per heavy atom. The molecule has 5 heteroatoms. The molecule has 0 atom stereocenters. The Hall–Kier alpha value is -1.07. The van der Waals surface area contributed by atoms with Crippen molar-refractivity contribution in [2.75, 3.05) is 11.9 Å². The van der Waals surface area contributed by atoms with Crippen LogP contribution in [0.25, 0.3) is 0 Å². The van der Waals surface area contributed by atoms with Crippen molar-refractivity contribution in [1.29, 1.82) is 0 Å². The lowest BCUT2D eigenvalue weighted by Gasteiger charge is -2.30. The van der Waals surface area contributed by atoms with Gasteiger partial charge in [-0.2, -0.15) is 0 Å². The molecule has 0 aromatic heterocycles. The van der Waals surface area contributed by atoms with E-state index >= 15 is 0 Å². The van der Waals surface area contributed by atoms with E-state index in [4.69, 9.17) is 0 Å². The van der Waals surface area contributed by atoms with Gasteiger partial charge in [-0.05, 0) is 36.3 Å². The fourth-order valence-corrected chi connectivity index (χ4v) is 3.35. The highest BCUT2D eigenvalue weighted by Gasteiger charge is 2.29. The molecule has 1 aliphatic carbocycles. The minimum atomic E-state index is -3.43. The predicted octanol–water partition coefficient (Wildman–Crippen LogP) is 3.22. The minimum Gasteiger partial charge on any atom is -0.383 e. The molecule has 1 aromatic carbocycles. The second kappa shape index (κ2) is 5.97. The first-order chi connectivity index (χ1) is 9.72. The van der Waals surface area contributed by atoms with Gasteiger partial charge in [-0.3, -0.25) is 0 Å². The van der Waals surface area contributed by atoms with Crippen LogP contribution in [0.15, 0.2) is 29.2 Å². The lowest BCUT2D eigenvalue weighted by atomic mass is 9.81. The highest BCUT2D eigenvalue weighted by molar-refractivity contribution is 7.89. The molecule has 2 rings (SSSR count). The Labute approximate surface area is 128 Å². The molecule has 0 heterocycles. The average molecular weight is 310 g/mol. The van der Waals surface area contributed by atoms with Crippen molar-refractivity contribution in [1.82, 2.24) is 4.72 Å². The van der Waals surface area contributed by atoms with Crippen molar-refractivity contribution < 1.29 is 8.42 Å². The number of anilines is 1. The van der Waals surface area contributed by atoms with E-state index in [2.05, 4.69) is 37.7 Å². The Morgan fingerprint density at radius 3 is 2.43 bits per heavy atom. The molecule has 0 radical (unpaired) electrons. The molecule has 0 unspecified atom stereocenters. The molecule has 21 heavy (non-hydrogen) atoms. The summed E-state index contributed by atoms with van der Waals surface area (Å²) in [5.41, 5.74) is 0.778. The molecule has 0 aliphatic heterocycles. The summed E-state index contributed by atoms with van der Waals surface area (Å²) in [5.74, 6) is 0.512. The number of benzene rings is 1. The Morgan fingerprint density at radius 2 is 1.86 bits per heavy atom. The van der Waals surface area contributed by atoms with Crippen LogP contribution >= 0.6 is 0 Å². The van der Waals surface area contributed by atoms with E-state index in [0.29, 0.717) is 16.5 Å². The summed E-state index contributed by atoms with van der Waals surface area (Å²) in [6.07, 6.45) is 1.88. The van der Waals surface area contributed by atoms with Crippen LogP contribution in [0.1, 0.15) is 40.5 Å². The molecule has 0 amide bonds. The lowest BCUT2D eigenvalue weighted by molar-refractivity contribution is 0.269. The number of para-hydroxylation sites is 1. The molecular formula is C16H26N2O2S. The summed E-state index contributed by atoms with van der Waals surface area (Å²) in [5, 5.41) is 3.32. The number of nitrogens with one attached hydrogen (secondary N) is 2. The molecule has 0 saturated heterocycles. The minimum absolute atomic E-state index is 0.0980. The quantitative estimate of drug-likeness (QED) is 0.813. The summed E-state index contributed by atoms with van der Waals surface area (Å²) < 4.78 is 27.6. The van der Waals surface area contributed by atoms with E-state index in [1.54, 1.807) is 12.1 Å². The molecular weight excluding hydrogens is 284 g/mol. The van der Waals surface area contributed by atoms with Crippen LogP contribution in [0, 0.1) is 11.3 Å². The maximum absolute atomic E-state index is 12.4. The van der Waals surface area contributed by atoms with Crippen molar-refractivity contribution in [3.63, 3.8) is 0 Å². The van der Waals surface area contributed by atoms with Crippen LogP contribution in [0.5, 0.6) is 0 Å². The smallest absolute Gasteiger partial charge is 0.242 e. The van der Waals surface area contributed by atoms with Gasteiger partial charge in [-0.15, -0.1) is 0 Å². The van der Waals surface area contributed by atoms with Crippen molar-refractivity contribution in [2.24, 2.45) is 11.3 Å². The van der Waals surface area contributed by atoms with Crippen LogP contribution in [-0.4, -0.2) is 21.0 Å². The maximum atomic E-state index is 12.4. The first kappa shape index (κ1) is 16.3. The molecule has 2 N–H and O–H groups in total. The number of rotatable bonds is 7. The van der Waals surface area contributed by atoms with E-state index in [0.717, 1.165) is 19.4 Å². The molecule has 4 nitrogen and oxygen atoms in total. The summed E-state index contributed by atoms with van der Waals surface area (Å²) in [4.78, 5) is 0.344. The zero-order valence-corrected chi connectivity index (χ0v) is 14.1. The summed E-state index contributed by atoms with van der Waals surface area (Å²) in [6, 6.07) is 7.24. The SMILES string of the molecule is CC(C)C(C)(C)CNc1ccccc1S(=O)(=O)NC1CC1. The summed E-state index contributed by atoms with van der Waals surface area (Å²) in [7, 11) is -3.43. The molecule has 1 saturated carbocycles. The van der Waals surface area contributed by atoms with E-state index in [1.165, 1.54) is 0 Å². The third kappa shape index (κ3) is 4.20. The Kier molecular flexibility index (Phi) is 4.63. The van der Waals surface area contributed by atoms with Gasteiger partial charge in [0.1, 0.15) is 4.90 Å². The van der Waals surface area contributed by atoms with E-state index in [9.17, 15) is 8.42 Å². The number of hydrogen-bond acceptors (Lipinski definition) is 3.